The van der Waals surface area contributed by atoms with Gasteiger partial charge in [0.25, 0.3) is 5.56 Å². The summed E-state index contributed by atoms with van der Waals surface area (Å²) >= 11 is 5.86. The highest BCUT2D eigenvalue weighted by Crippen LogP contribution is 2.14. The fourth-order valence-electron chi connectivity index (χ4n) is 1.70. The highest BCUT2D eigenvalue weighted by molar-refractivity contribution is 6.30. The summed E-state index contributed by atoms with van der Waals surface area (Å²) in [6.45, 7) is 2.72. The second-order valence-corrected chi connectivity index (χ2v) is 4.41. The topological polar surface area (TPSA) is 77.1 Å². The van der Waals surface area contributed by atoms with Gasteiger partial charge in [0, 0.05) is 25.4 Å². The van der Waals surface area contributed by atoms with Gasteiger partial charge in [-0.15, -0.1) is 0 Å². The standard InChI is InChI=1S/C12H18ClN3O2/c1-2-3-10(12(18)15-7-6-14)16-8-9(13)4-5-11(16)17/h4-5,8,10H,2-3,6-7,14H2,1H3,(H,15,18). The molecule has 0 fully saturated rings. The number of nitrogens with two attached hydrogens (primary N) is 1. The van der Waals surface area contributed by atoms with E-state index in [0.717, 1.165) is 6.42 Å². The Morgan fingerprint density at radius 3 is 2.89 bits per heavy atom. The van der Waals surface area contributed by atoms with E-state index in [1.165, 1.54) is 22.9 Å². The average Bonchev–Trinajstić information content (AvgIpc) is 2.36. The lowest BCUT2D eigenvalue weighted by molar-refractivity contribution is -0.124. The second kappa shape index (κ2) is 7.18. The second-order valence-electron chi connectivity index (χ2n) is 3.98. The predicted octanol–water partition coefficient (Wildman–Crippen LogP) is 0.918. The number of rotatable bonds is 6. The molecule has 3 N–H and O–H groups in total. The van der Waals surface area contributed by atoms with Gasteiger partial charge >= 0.3 is 0 Å². The molecule has 0 aliphatic carbocycles. The van der Waals surface area contributed by atoms with Crippen LogP contribution in [0.2, 0.25) is 5.02 Å². The first kappa shape index (κ1) is 14.7. The number of amides is 1. The van der Waals surface area contributed by atoms with Crippen molar-refractivity contribution in [2.45, 2.75) is 25.8 Å². The SMILES string of the molecule is CCCC(C(=O)NCCN)n1cc(Cl)ccc1=O. The van der Waals surface area contributed by atoms with Gasteiger partial charge in [0.2, 0.25) is 5.91 Å². The molecule has 1 atom stereocenters. The molecule has 5 nitrogen and oxygen atoms in total. The molecule has 6 heteroatoms. The third-order valence-electron chi connectivity index (χ3n) is 2.55. The van der Waals surface area contributed by atoms with Gasteiger partial charge < -0.3 is 15.6 Å². The van der Waals surface area contributed by atoms with Gasteiger partial charge in [0.05, 0.1) is 5.02 Å². The zero-order valence-corrected chi connectivity index (χ0v) is 11.1. The van der Waals surface area contributed by atoms with Crippen molar-refractivity contribution in [3.8, 4) is 0 Å². The highest BCUT2D eigenvalue weighted by Gasteiger charge is 2.20. The molecular weight excluding hydrogens is 254 g/mol. The molecule has 1 unspecified atom stereocenters. The number of pyridine rings is 1. The number of hydrogen-bond acceptors (Lipinski definition) is 3. The molecule has 0 aliphatic heterocycles. The van der Waals surface area contributed by atoms with Crippen LogP contribution >= 0.6 is 11.6 Å². The van der Waals surface area contributed by atoms with Crippen molar-refractivity contribution in [1.82, 2.24) is 9.88 Å². The van der Waals surface area contributed by atoms with Crippen LogP contribution in [0.4, 0.5) is 0 Å². The molecule has 0 aliphatic rings. The van der Waals surface area contributed by atoms with E-state index in [1.54, 1.807) is 0 Å². The van der Waals surface area contributed by atoms with Crippen molar-refractivity contribution >= 4 is 17.5 Å². The largest absolute Gasteiger partial charge is 0.353 e. The molecule has 0 radical (unpaired) electrons. The molecule has 0 saturated carbocycles. The monoisotopic (exact) mass is 271 g/mol. The lowest BCUT2D eigenvalue weighted by atomic mass is 10.1. The molecule has 18 heavy (non-hydrogen) atoms. The molecule has 0 bridgehead atoms. The molecule has 0 aromatic carbocycles. The van der Waals surface area contributed by atoms with Gasteiger partial charge in [-0.1, -0.05) is 24.9 Å². The van der Waals surface area contributed by atoms with Gasteiger partial charge in [0.1, 0.15) is 6.04 Å². The van der Waals surface area contributed by atoms with Crippen LogP contribution in [0.5, 0.6) is 0 Å². The minimum Gasteiger partial charge on any atom is -0.353 e. The van der Waals surface area contributed by atoms with Crippen LogP contribution in [0.25, 0.3) is 0 Å². The molecule has 1 heterocycles. The first-order valence-electron chi connectivity index (χ1n) is 5.95. The fraction of sp³-hybridized carbons (Fsp3) is 0.500. The first-order valence-corrected chi connectivity index (χ1v) is 6.33. The Bertz CT molecular complexity index is 459. The van der Waals surface area contributed by atoms with E-state index in [0.29, 0.717) is 24.5 Å². The van der Waals surface area contributed by atoms with Gasteiger partial charge in [0.15, 0.2) is 0 Å². The number of aromatic nitrogens is 1. The van der Waals surface area contributed by atoms with Gasteiger partial charge in [-0.3, -0.25) is 9.59 Å². The van der Waals surface area contributed by atoms with E-state index in [-0.39, 0.29) is 11.5 Å². The molecule has 100 valence electrons. The van der Waals surface area contributed by atoms with Gasteiger partial charge in [-0.25, -0.2) is 0 Å². The van der Waals surface area contributed by atoms with Crippen LogP contribution < -0.4 is 16.6 Å². The summed E-state index contributed by atoms with van der Waals surface area (Å²) in [6, 6.07) is 2.34. The molecule has 1 rings (SSSR count). The summed E-state index contributed by atoms with van der Waals surface area (Å²) in [6.07, 6.45) is 2.86. The van der Waals surface area contributed by atoms with E-state index >= 15 is 0 Å². The molecule has 1 amide bonds. The molecule has 0 spiro atoms. The summed E-state index contributed by atoms with van der Waals surface area (Å²) in [5.74, 6) is -0.202. The first-order chi connectivity index (χ1) is 8.60. The smallest absolute Gasteiger partial charge is 0.251 e. The zero-order valence-electron chi connectivity index (χ0n) is 10.4. The molecular formula is C12H18ClN3O2. The fourth-order valence-corrected chi connectivity index (χ4v) is 1.87. The lowest BCUT2D eigenvalue weighted by Gasteiger charge is -2.18. The van der Waals surface area contributed by atoms with E-state index in [2.05, 4.69) is 5.32 Å². The quantitative estimate of drug-likeness (QED) is 0.808. The maximum atomic E-state index is 12.0. The number of nitrogens with zero attached hydrogens (tertiary/aromatic N) is 1. The Labute approximate surface area is 111 Å². The van der Waals surface area contributed by atoms with Crippen LogP contribution in [0.3, 0.4) is 0 Å². The average molecular weight is 272 g/mol. The Balaban J connectivity index is 2.99. The lowest BCUT2D eigenvalue weighted by Crippen LogP contribution is -2.38. The van der Waals surface area contributed by atoms with Crippen LogP contribution in [-0.2, 0) is 4.79 Å². The summed E-state index contributed by atoms with van der Waals surface area (Å²) in [7, 11) is 0. The van der Waals surface area contributed by atoms with Crippen molar-refractivity contribution in [2.24, 2.45) is 5.73 Å². The molecule has 1 aromatic rings. The predicted molar refractivity (Wildman–Crippen MR) is 71.7 cm³/mol. The maximum Gasteiger partial charge on any atom is 0.251 e. The number of halogens is 1. The van der Waals surface area contributed by atoms with Crippen molar-refractivity contribution < 1.29 is 4.79 Å². The van der Waals surface area contributed by atoms with Crippen LogP contribution in [0.15, 0.2) is 23.1 Å². The molecule has 0 saturated heterocycles. The van der Waals surface area contributed by atoms with Crippen molar-refractivity contribution in [3.05, 3.63) is 33.7 Å². The zero-order chi connectivity index (χ0) is 13.5. The third kappa shape index (κ3) is 3.85. The summed E-state index contributed by atoms with van der Waals surface area (Å²) in [5, 5.41) is 3.13. The Kier molecular flexibility index (Phi) is 5.88. The summed E-state index contributed by atoms with van der Waals surface area (Å²) in [4.78, 5) is 23.8. The minimum atomic E-state index is -0.534. The van der Waals surface area contributed by atoms with Crippen molar-refractivity contribution in [1.29, 1.82) is 0 Å². The van der Waals surface area contributed by atoms with E-state index < -0.39 is 6.04 Å². The van der Waals surface area contributed by atoms with E-state index in [9.17, 15) is 9.59 Å². The number of carbonyl (C=O) groups is 1. The normalized spacial score (nSPS) is 12.2. The number of carbonyl (C=O) groups excluding carboxylic acids is 1. The summed E-state index contributed by atoms with van der Waals surface area (Å²) < 4.78 is 1.37. The Morgan fingerprint density at radius 2 is 2.28 bits per heavy atom. The van der Waals surface area contributed by atoms with Crippen molar-refractivity contribution in [2.75, 3.05) is 13.1 Å². The number of hydrogen-bond donors (Lipinski definition) is 2. The Hall–Kier alpha value is -1.33. The third-order valence-corrected chi connectivity index (χ3v) is 2.77. The maximum absolute atomic E-state index is 12.0. The van der Waals surface area contributed by atoms with Gasteiger partial charge in [-0.05, 0) is 12.5 Å². The summed E-state index contributed by atoms with van der Waals surface area (Å²) in [5.41, 5.74) is 5.10. The van der Waals surface area contributed by atoms with Crippen molar-refractivity contribution in [3.63, 3.8) is 0 Å². The van der Waals surface area contributed by atoms with Gasteiger partial charge in [-0.2, -0.15) is 0 Å². The molecule has 1 aromatic heterocycles. The number of nitrogens with one attached hydrogen (secondary N) is 1. The minimum absolute atomic E-state index is 0.202. The van der Waals surface area contributed by atoms with Crippen LogP contribution in [-0.4, -0.2) is 23.6 Å². The van der Waals surface area contributed by atoms with E-state index in [4.69, 9.17) is 17.3 Å². The van der Waals surface area contributed by atoms with Crippen LogP contribution in [0.1, 0.15) is 25.8 Å². The highest BCUT2D eigenvalue weighted by atomic mass is 35.5. The van der Waals surface area contributed by atoms with E-state index in [1.807, 2.05) is 6.92 Å². The Morgan fingerprint density at radius 1 is 1.56 bits per heavy atom. The van der Waals surface area contributed by atoms with Crippen LogP contribution in [0, 0.1) is 0 Å².